The van der Waals surface area contributed by atoms with Crippen LogP contribution in [0.15, 0.2) is 42.5 Å². The summed E-state index contributed by atoms with van der Waals surface area (Å²) in [5, 5.41) is 3.00. The summed E-state index contributed by atoms with van der Waals surface area (Å²) in [4.78, 5) is 12.4. The topological polar surface area (TPSA) is 47.6 Å². The number of carbonyl (C=O) groups is 1. The van der Waals surface area contributed by atoms with Gasteiger partial charge in [-0.25, -0.2) is 0 Å². The number of benzene rings is 2. The molecule has 4 nitrogen and oxygen atoms in total. The fourth-order valence-corrected chi connectivity index (χ4v) is 2.41. The van der Waals surface area contributed by atoms with E-state index in [1.165, 1.54) is 11.1 Å². The summed E-state index contributed by atoms with van der Waals surface area (Å²) < 4.78 is 11.0. The van der Waals surface area contributed by atoms with Crippen LogP contribution in [0.4, 0.5) is 0 Å². The zero-order chi connectivity index (χ0) is 17.7. The maximum Gasteiger partial charge on any atom is 0.261 e. The van der Waals surface area contributed by atoms with Crippen LogP contribution in [0.5, 0.6) is 11.5 Å². The highest BCUT2D eigenvalue weighted by Gasteiger charge is 2.19. The molecule has 0 bridgehead atoms. The summed E-state index contributed by atoms with van der Waals surface area (Å²) >= 11 is 0. The number of carbonyl (C=O) groups excluding carboxylic acids is 1. The van der Waals surface area contributed by atoms with Crippen LogP contribution in [-0.2, 0) is 4.79 Å². The third-order valence-electron chi connectivity index (χ3n) is 4.13. The van der Waals surface area contributed by atoms with E-state index in [2.05, 4.69) is 31.3 Å². The van der Waals surface area contributed by atoms with Gasteiger partial charge in [-0.15, -0.1) is 0 Å². The highest BCUT2D eigenvalue weighted by atomic mass is 16.5. The lowest BCUT2D eigenvalue weighted by Gasteiger charge is -2.20. The van der Waals surface area contributed by atoms with Gasteiger partial charge in [0.2, 0.25) is 0 Å². The Bertz CT molecular complexity index is 712. The van der Waals surface area contributed by atoms with Crippen molar-refractivity contribution in [1.82, 2.24) is 5.32 Å². The average molecular weight is 327 g/mol. The van der Waals surface area contributed by atoms with Gasteiger partial charge in [0.1, 0.15) is 0 Å². The number of ether oxygens (including phenoxy) is 2. The van der Waals surface area contributed by atoms with Crippen LogP contribution in [0.25, 0.3) is 0 Å². The monoisotopic (exact) mass is 327 g/mol. The molecule has 0 heterocycles. The first-order chi connectivity index (χ1) is 11.4. The van der Waals surface area contributed by atoms with Crippen LogP contribution in [-0.4, -0.2) is 19.1 Å². The van der Waals surface area contributed by atoms with E-state index in [0.29, 0.717) is 11.5 Å². The molecule has 0 aromatic heterocycles. The SMILES string of the molecule is COc1ccccc1OC(C)C(=O)NC(C)c1ccc(C)c(C)c1. The molecule has 2 aromatic rings. The van der Waals surface area contributed by atoms with Crippen molar-refractivity contribution in [3.63, 3.8) is 0 Å². The predicted octanol–water partition coefficient (Wildman–Crippen LogP) is 3.96. The Morgan fingerprint density at radius 3 is 2.29 bits per heavy atom. The number of rotatable bonds is 6. The van der Waals surface area contributed by atoms with E-state index >= 15 is 0 Å². The van der Waals surface area contributed by atoms with Crippen LogP contribution in [0.3, 0.4) is 0 Å². The minimum absolute atomic E-state index is 0.0829. The molecule has 2 aromatic carbocycles. The summed E-state index contributed by atoms with van der Waals surface area (Å²) in [5.41, 5.74) is 3.54. The van der Waals surface area contributed by atoms with Crippen molar-refractivity contribution in [3.8, 4) is 11.5 Å². The summed E-state index contributed by atoms with van der Waals surface area (Å²) in [5.74, 6) is 1.01. The van der Waals surface area contributed by atoms with Crippen molar-refractivity contribution in [2.75, 3.05) is 7.11 Å². The standard InChI is InChI=1S/C20H25NO3/c1-13-10-11-17(12-14(13)2)15(3)21-20(22)16(4)24-19-9-7-6-8-18(19)23-5/h6-12,15-16H,1-5H3,(H,21,22). The fraction of sp³-hybridized carbons (Fsp3) is 0.350. The van der Waals surface area contributed by atoms with Crippen molar-refractivity contribution in [2.24, 2.45) is 0 Å². The van der Waals surface area contributed by atoms with Gasteiger partial charge >= 0.3 is 0 Å². The van der Waals surface area contributed by atoms with Gasteiger partial charge < -0.3 is 14.8 Å². The van der Waals surface area contributed by atoms with Crippen LogP contribution < -0.4 is 14.8 Å². The number of hydrogen-bond acceptors (Lipinski definition) is 3. The van der Waals surface area contributed by atoms with Gasteiger partial charge in [-0.05, 0) is 56.5 Å². The van der Waals surface area contributed by atoms with Crippen molar-refractivity contribution in [2.45, 2.75) is 39.8 Å². The molecular weight excluding hydrogens is 302 g/mol. The predicted molar refractivity (Wildman–Crippen MR) is 95.6 cm³/mol. The highest BCUT2D eigenvalue weighted by Crippen LogP contribution is 2.27. The van der Waals surface area contributed by atoms with Gasteiger partial charge in [0.15, 0.2) is 17.6 Å². The minimum Gasteiger partial charge on any atom is -0.493 e. The molecule has 1 N–H and O–H groups in total. The van der Waals surface area contributed by atoms with Crippen LogP contribution in [0.1, 0.15) is 36.6 Å². The first-order valence-electron chi connectivity index (χ1n) is 8.09. The molecule has 2 rings (SSSR count). The molecule has 0 aliphatic carbocycles. The fourth-order valence-electron chi connectivity index (χ4n) is 2.41. The van der Waals surface area contributed by atoms with Crippen LogP contribution >= 0.6 is 0 Å². The molecule has 0 aliphatic heterocycles. The zero-order valence-electron chi connectivity index (χ0n) is 14.9. The van der Waals surface area contributed by atoms with Gasteiger partial charge in [-0.2, -0.15) is 0 Å². The lowest BCUT2D eigenvalue weighted by atomic mass is 10.0. The smallest absolute Gasteiger partial charge is 0.261 e. The summed E-state index contributed by atoms with van der Waals surface area (Å²) in [6.07, 6.45) is -0.615. The van der Waals surface area contributed by atoms with Gasteiger partial charge in [-0.1, -0.05) is 30.3 Å². The maximum absolute atomic E-state index is 12.4. The maximum atomic E-state index is 12.4. The number of hydrogen-bond donors (Lipinski definition) is 1. The second-order valence-corrected chi connectivity index (χ2v) is 5.98. The van der Waals surface area contributed by atoms with Gasteiger partial charge in [-0.3, -0.25) is 4.79 Å². The third-order valence-corrected chi connectivity index (χ3v) is 4.13. The Hall–Kier alpha value is -2.49. The zero-order valence-corrected chi connectivity index (χ0v) is 14.9. The largest absolute Gasteiger partial charge is 0.493 e. The Labute approximate surface area is 143 Å². The molecule has 2 unspecified atom stereocenters. The van der Waals surface area contributed by atoms with E-state index in [-0.39, 0.29) is 11.9 Å². The number of para-hydroxylation sites is 2. The lowest BCUT2D eigenvalue weighted by molar-refractivity contribution is -0.127. The highest BCUT2D eigenvalue weighted by molar-refractivity contribution is 5.81. The Balaban J connectivity index is 2.01. The quantitative estimate of drug-likeness (QED) is 0.874. The van der Waals surface area contributed by atoms with Crippen LogP contribution in [0, 0.1) is 13.8 Å². The van der Waals surface area contributed by atoms with E-state index in [9.17, 15) is 4.79 Å². The molecule has 0 spiro atoms. The van der Waals surface area contributed by atoms with E-state index in [1.807, 2.05) is 25.1 Å². The molecule has 0 radical (unpaired) electrons. The second-order valence-electron chi connectivity index (χ2n) is 5.98. The van der Waals surface area contributed by atoms with Crippen molar-refractivity contribution >= 4 is 5.91 Å². The molecule has 128 valence electrons. The Morgan fingerprint density at radius 2 is 1.67 bits per heavy atom. The summed E-state index contributed by atoms with van der Waals surface area (Å²) in [7, 11) is 1.58. The van der Waals surface area contributed by atoms with E-state index < -0.39 is 6.10 Å². The van der Waals surface area contributed by atoms with Crippen molar-refractivity contribution in [1.29, 1.82) is 0 Å². The molecule has 24 heavy (non-hydrogen) atoms. The average Bonchev–Trinajstić information content (AvgIpc) is 2.57. The summed E-state index contributed by atoms with van der Waals surface area (Å²) in [6.45, 7) is 7.85. The van der Waals surface area contributed by atoms with Crippen LogP contribution in [0.2, 0.25) is 0 Å². The first-order valence-corrected chi connectivity index (χ1v) is 8.09. The third kappa shape index (κ3) is 4.28. The minimum atomic E-state index is -0.615. The molecule has 0 saturated carbocycles. The molecule has 0 saturated heterocycles. The van der Waals surface area contributed by atoms with E-state index in [0.717, 1.165) is 5.56 Å². The van der Waals surface area contributed by atoms with E-state index in [1.54, 1.807) is 26.2 Å². The number of aryl methyl sites for hydroxylation is 2. The van der Waals surface area contributed by atoms with Crippen molar-refractivity contribution in [3.05, 3.63) is 59.2 Å². The molecule has 0 aliphatic rings. The second kappa shape index (κ2) is 7.86. The van der Waals surface area contributed by atoms with Crippen molar-refractivity contribution < 1.29 is 14.3 Å². The molecule has 1 amide bonds. The van der Waals surface area contributed by atoms with Gasteiger partial charge in [0.25, 0.3) is 5.91 Å². The Kier molecular flexibility index (Phi) is 5.85. The normalized spacial score (nSPS) is 13.0. The molecule has 4 heteroatoms. The molecule has 2 atom stereocenters. The lowest BCUT2D eigenvalue weighted by Crippen LogP contribution is -2.37. The number of amides is 1. The molecular formula is C20H25NO3. The first kappa shape index (κ1) is 17.9. The van der Waals surface area contributed by atoms with E-state index in [4.69, 9.17) is 9.47 Å². The number of nitrogens with one attached hydrogen (secondary N) is 1. The number of methoxy groups -OCH3 is 1. The van der Waals surface area contributed by atoms with Gasteiger partial charge in [0.05, 0.1) is 13.2 Å². The van der Waals surface area contributed by atoms with Gasteiger partial charge in [0, 0.05) is 0 Å². The molecule has 0 fully saturated rings. The Morgan fingerprint density at radius 1 is 1.00 bits per heavy atom. The summed E-state index contributed by atoms with van der Waals surface area (Å²) in [6, 6.07) is 13.4.